The molecule has 3 aliphatic rings. The number of nitrogens with zero attached hydrogens (tertiary/aromatic N) is 1. The summed E-state index contributed by atoms with van der Waals surface area (Å²) in [4.78, 5) is 2.46. The van der Waals surface area contributed by atoms with Gasteiger partial charge in [0.1, 0.15) is 0 Å². The maximum atomic E-state index is 2.46. The Labute approximate surface area is 69.8 Å². The third kappa shape index (κ3) is 1.10. The first-order valence-corrected chi connectivity index (χ1v) is 4.74. The van der Waals surface area contributed by atoms with Gasteiger partial charge >= 0.3 is 0 Å². The van der Waals surface area contributed by atoms with E-state index in [9.17, 15) is 0 Å². The van der Waals surface area contributed by atoms with Crippen LogP contribution in [0.5, 0.6) is 0 Å². The minimum atomic E-state index is 0.599. The fourth-order valence-electron chi connectivity index (χ4n) is 2.65. The largest absolute Gasteiger partial charge is 0.304 e. The summed E-state index contributed by atoms with van der Waals surface area (Å²) in [7, 11) is 4.49. The predicted octanol–water partition coefficient (Wildman–Crippen LogP) is 2.23. The molecule has 0 unspecified atom stereocenters. The molecule has 1 radical (unpaired) electrons. The van der Waals surface area contributed by atoms with Gasteiger partial charge in [0.05, 0.1) is 0 Å². The van der Waals surface area contributed by atoms with Gasteiger partial charge in [-0.15, -0.1) is 0 Å². The molecule has 0 aliphatic heterocycles. The summed E-state index contributed by atoms with van der Waals surface area (Å²) in [6.45, 7) is 0. The Hall–Kier alpha value is -0.0400. The second kappa shape index (κ2) is 2.48. The van der Waals surface area contributed by atoms with Crippen LogP contribution < -0.4 is 0 Å². The SMILES string of the molecule is CN(C)C12CC[C](CC1)CC2. The Morgan fingerprint density at radius 2 is 1.45 bits per heavy atom. The molecule has 0 heterocycles. The standard InChI is InChI=1S/C10H18N/c1-11(2)10-6-3-9(4-7-10)5-8-10/h3-8H2,1-2H3. The average Bonchev–Trinajstić information content (AvgIpc) is 2.08. The van der Waals surface area contributed by atoms with E-state index in [2.05, 4.69) is 19.0 Å². The minimum absolute atomic E-state index is 0.599. The number of hydrogen-bond donors (Lipinski definition) is 0. The molecule has 0 N–H and O–H groups in total. The van der Waals surface area contributed by atoms with Crippen LogP contribution in [-0.2, 0) is 0 Å². The Balaban J connectivity index is 2.12. The fourth-order valence-corrected chi connectivity index (χ4v) is 2.65. The van der Waals surface area contributed by atoms with Crippen molar-refractivity contribution in [2.45, 2.75) is 44.1 Å². The summed E-state index contributed by atoms with van der Waals surface area (Å²) in [5.41, 5.74) is 0.599. The van der Waals surface area contributed by atoms with Crippen LogP contribution in [0.25, 0.3) is 0 Å². The highest BCUT2D eigenvalue weighted by molar-refractivity contribution is 5.10. The zero-order valence-electron chi connectivity index (χ0n) is 7.69. The molecule has 3 fully saturated rings. The first kappa shape index (κ1) is 7.60. The van der Waals surface area contributed by atoms with Gasteiger partial charge in [0.25, 0.3) is 0 Å². The van der Waals surface area contributed by atoms with Gasteiger partial charge in [-0.3, -0.25) is 0 Å². The number of hydrogen-bond acceptors (Lipinski definition) is 1. The second-order valence-electron chi connectivity index (χ2n) is 4.37. The van der Waals surface area contributed by atoms with E-state index in [4.69, 9.17) is 0 Å². The molecule has 11 heavy (non-hydrogen) atoms. The third-order valence-corrected chi connectivity index (χ3v) is 3.78. The van der Waals surface area contributed by atoms with Gasteiger partial charge in [-0.25, -0.2) is 0 Å². The quantitative estimate of drug-likeness (QED) is 0.557. The van der Waals surface area contributed by atoms with Gasteiger partial charge in [0, 0.05) is 5.54 Å². The molecule has 63 valence electrons. The van der Waals surface area contributed by atoms with Crippen molar-refractivity contribution < 1.29 is 0 Å². The lowest BCUT2D eigenvalue weighted by molar-refractivity contribution is 0.0661. The zero-order chi connectivity index (χ0) is 7.90. The van der Waals surface area contributed by atoms with Crippen LogP contribution in [0.2, 0.25) is 0 Å². The molecule has 3 rings (SSSR count). The minimum Gasteiger partial charge on any atom is -0.304 e. The summed E-state index contributed by atoms with van der Waals surface area (Å²) < 4.78 is 0. The Bertz CT molecular complexity index is 129. The molecule has 3 aliphatic carbocycles. The van der Waals surface area contributed by atoms with Gasteiger partial charge in [-0.05, 0) is 58.5 Å². The monoisotopic (exact) mass is 152 g/mol. The lowest BCUT2D eigenvalue weighted by Gasteiger charge is -2.50. The Morgan fingerprint density at radius 1 is 1.00 bits per heavy atom. The van der Waals surface area contributed by atoms with Crippen LogP contribution in [0, 0.1) is 5.92 Å². The topological polar surface area (TPSA) is 3.24 Å². The van der Waals surface area contributed by atoms with E-state index < -0.39 is 0 Å². The maximum Gasteiger partial charge on any atom is 0.0204 e. The van der Waals surface area contributed by atoms with Crippen LogP contribution in [0.1, 0.15) is 38.5 Å². The molecular formula is C10H18N. The summed E-state index contributed by atoms with van der Waals surface area (Å²) in [6.07, 6.45) is 8.52. The van der Waals surface area contributed by atoms with Crippen LogP contribution in [-0.4, -0.2) is 24.5 Å². The molecule has 0 spiro atoms. The van der Waals surface area contributed by atoms with Gasteiger partial charge in [0.15, 0.2) is 0 Å². The Morgan fingerprint density at radius 3 is 1.73 bits per heavy atom. The van der Waals surface area contributed by atoms with E-state index in [1.54, 1.807) is 0 Å². The smallest absolute Gasteiger partial charge is 0.0204 e. The van der Waals surface area contributed by atoms with Crippen molar-refractivity contribution in [3.05, 3.63) is 5.92 Å². The molecule has 1 nitrogen and oxygen atoms in total. The van der Waals surface area contributed by atoms with Crippen molar-refractivity contribution in [1.29, 1.82) is 0 Å². The highest BCUT2D eigenvalue weighted by Crippen LogP contribution is 2.47. The highest BCUT2D eigenvalue weighted by atomic mass is 15.1. The zero-order valence-corrected chi connectivity index (χ0v) is 7.69. The van der Waals surface area contributed by atoms with Gasteiger partial charge < -0.3 is 4.90 Å². The number of fused-ring (bicyclic) bond motifs is 3. The lowest BCUT2D eigenvalue weighted by atomic mass is 9.65. The molecule has 0 aromatic heterocycles. The second-order valence-corrected chi connectivity index (χ2v) is 4.37. The summed E-state index contributed by atoms with van der Waals surface area (Å²) >= 11 is 0. The van der Waals surface area contributed by atoms with Crippen molar-refractivity contribution in [3.8, 4) is 0 Å². The van der Waals surface area contributed by atoms with Gasteiger partial charge in [-0.1, -0.05) is 0 Å². The predicted molar refractivity (Wildman–Crippen MR) is 47.4 cm³/mol. The molecule has 0 saturated heterocycles. The van der Waals surface area contributed by atoms with E-state index >= 15 is 0 Å². The lowest BCUT2D eigenvalue weighted by Crippen LogP contribution is -2.50. The maximum absolute atomic E-state index is 2.46. The molecule has 2 bridgehead atoms. The molecule has 0 atom stereocenters. The van der Waals surface area contributed by atoms with E-state index in [1.807, 2.05) is 5.92 Å². The first-order chi connectivity index (χ1) is 5.23. The highest BCUT2D eigenvalue weighted by Gasteiger charge is 2.41. The summed E-state index contributed by atoms with van der Waals surface area (Å²) in [5, 5.41) is 0. The van der Waals surface area contributed by atoms with Gasteiger partial charge in [-0.2, -0.15) is 0 Å². The fraction of sp³-hybridized carbons (Fsp3) is 0.900. The van der Waals surface area contributed by atoms with Crippen molar-refractivity contribution in [3.63, 3.8) is 0 Å². The molecule has 0 aromatic rings. The van der Waals surface area contributed by atoms with Crippen LogP contribution in [0.3, 0.4) is 0 Å². The van der Waals surface area contributed by atoms with Crippen molar-refractivity contribution in [1.82, 2.24) is 4.90 Å². The summed E-state index contributed by atoms with van der Waals surface area (Å²) in [5.74, 6) is 1.84. The van der Waals surface area contributed by atoms with Crippen molar-refractivity contribution in [2.75, 3.05) is 14.1 Å². The van der Waals surface area contributed by atoms with Crippen LogP contribution >= 0.6 is 0 Å². The van der Waals surface area contributed by atoms with E-state index in [-0.39, 0.29) is 0 Å². The Kier molecular flexibility index (Phi) is 1.71. The van der Waals surface area contributed by atoms with E-state index in [0.717, 1.165) is 0 Å². The van der Waals surface area contributed by atoms with Gasteiger partial charge in [0.2, 0.25) is 0 Å². The average molecular weight is 152 g/mol. The van der Waals surface area contributed by atoms with Crippen LogP contribution in [0.15, 0.2) is 0 Å². The first-order valence-electron chi connectivity index (χ1n) is 4.74. The molecular weight excluding hydrogens is 134 g/mol. The van der Waals surface area contributed by atoms with Crippen LogP contribution in [0.4, 0.5) is 0 Å². The van der Waals surface area contributed by atoms with Crippen molar-refractivity contribution >= 4 is 0 Å². The molecule has 1 heteroatoms. The summed E-state index contributed by atoms with van der Waals surface area (Å²) in [6, 6.07) is 0. The molecule has 0 amide bonds. The molecule has 0 aromatic carbocycles. The molecule has 3 saturated carbocycles. The van der Waals surface area contributed by atoms with Crippen molar-refractivity contribution in [2.24, 2.45) is 0 Å². The van der Waals surface area contributed by atoms with E-state index in [1.165, 1.54) is 38.5 Å². The third-order valence-electron chi connectivity index (χ3n) is 3.78. The normalized spacial score (nSPS) is 29.7. The number of rotatable bonds is 1. The van der Waals surface area contributed by atoms with E-state index in [0.29, 0.717) is 5.54 Å².